The largest absolute Gasteiger partial charge is 0.481 e. The van der Waals surface area contributed by atoms with Gasteiger partial charge in [0, 0.05) is 36.7 Å². The minimum atomic E-state index is -0.793. The summed E-state index contributed by atoms with van der Waals surface area (Å²) in [5.41, 5.74) is 3.68. The first kappa shape index (κ1) is 20.3. The number of carbonyl (C=O) groups is 1. The van der Waals surface area contributed by atoms with Crippen molar-refractivity contribution in [1.29, 1.82) is 0 Å². The summed E-state index contributed by atoms with van der Waals surface area (Å²) >= 11 is 0. The molecule has 0 spiro atoms. The lowest BCUT2D eigenvalue weighted by Crippen LogP contribution is -2.38. The van der Waals surface area contributed by atoms with Gasteiger partial charge in [0.2, 0.25) is 5.89 Å². The molecule has 0 aliphatic carbocycles. The molecule has 0 bridgehead atoms. The molecule has 1 aliphatic heterocycles. The summed E-state index contributed by atoms with van der Waals surface area (Å²) in [6, 6.07) is 13.1. The van der Waals surface area contributed by atoms with Gasteiger partial charge in [-0.15, -0.1) is 0 Å². The van der Waals surface area contributed by atoms with Crippen molar-refractivity contribution < 1.29 is 18.7 Å². The second-order valence-corrected chi connectivity index (χ2v) is 8.96. The predicted molar refractivity (Wildman–Crippen MR) is 122 cm³/mol. The quantitative estimate of drug-likeness (QED) is 0.446. The lowest BCUT2D eigenvalue weighted by Gasteiger charge is -2.40. The molecule has 1 N–H and O–H groups in total. The molecule has 164 valence electrons. The zero-order chi connectivity index (χ0) is 22.5. The van der Waals surface area contributed by atoms with Crippen LogP contribution in [-0.2, 0) is 10.2 Å². The summed E-state index contributed by atoms with van der Waals surface area (Å²) in [5.74, 6) is -0.548. The lowest BCUT2D eigenvalue weighted by molar-refractivity contribution is -0.137. The van der Waals surface area contributed by atoms with Crippen molar-refractivity contribution in [1.82, 2.24) is 4.98 Å². The molecule has 0 amide bonds. The third-order valence-electron chi connectivity index (χ3n) is 6.27. The summed E-state index contributed by atoms with van der Waals surface area (Å²) in [6.45, 7) is 5.88. The number of para-hydroxylation sites is 2. The molecule has 0 fully saturated rings. The van der Waals surface area contributed by atoms with E-state index in [-0.39, 0.29) is 17.7 Å². The molecule has 4 aromatic rings. The number of fused-ring (bicyclic) bond motifs is 3. The van der Waals surface area contributed by atoms with Crippen molar-refractivity contribution >= 4 is 33.7 Å². The van der Waals surface area contributed by atoms with E-state index >= 15 is 0 Å². The Balaban J connectivity index is 1.60. The highest BCUT2D eigenvalue weighted by Crippen LogP contribution is 2.42. The second-order valence-electron chi connectivity index (χ2n) is 8.96. The number of anilines is 1. The summed E-state index contributed by atoms with van der Waals surface area (Å²) in [7, 11) is 0. The molecule has 0 unspecified atom stereocenters. The van der Waals surface area contributed by atoms with E-state index in [1.54, 1.807) is 6.07 Å². The Morgan fingerprint density at radius 3 is 2.75 bits per heavy atom. The maximum atomic E-state index is 12.8. The van der Waals surface area contributed by atoms with Crippen LogP contribution >= 0.6 is 0 Å². The monoisotopic (exact) mass is 432 g/mol. The first-order valence-electron chi connectivity index (χ1n) is 10.8. The third kappa shape index (κ3) is 3.53. The van der Waals surface area contributed by atoms with E-state index in [1.165, 1.54) is 0 Å². The van der Waals surface area contributed by atoms with Crippen LogP contribution < -0.4 is 10.5 Å². The second kappa shape index (κ2) is 7.51. The summed E-state index contributed by atoms with van der Waals surface area (Å²) in [4.78, 5) is 30.4. The number of nitrogens with zero attached hydrogens (tertiary/aromatic N) is 2. The summed E-state index contributed by atoms with van der Waals surface area (Å²) < 4.78 is 11.5. The van der Waals surface area contributed by atoms with Crippen LogP contribution in [0.4, 0.5) is 5.69 Å². The molecule has 2 aromatic carbocycles. The number of hydrogen-bond acceptors (Lipinski definition) is 6. The Morgan fingerprint density at radius 2 is 1.97 bits per heavy atom. The van der Waals surface area contributed by atoms with Crippen molar-refractivity contribution in [2.75, 3.05) is 18.0 Å². The Kier molecular flexibility index (Phi) is 4.77. The SMILES string of the molecule is CC1(C)CCN(CCCC(=O)O)c2cc3oc(=O)c(-c4nc5ccccc5o4)cc3cc21. The molecule has 0 radical (unpaired) electrons. The van der Waals surface area contributed by atoms with E-state index < -0.39 is 11.6 Å². The first-order chi connectivity index (χ1) is 15.3. The van der Waals surface area contributed by atoms with E-state index in [2.05, 4.69) is 29.8 Å². The van der Waals surface area contributed by atoms with Gasteiger partial charge in [0.05, 0.1) is 0 Å². The third-order valence-corrected chi connectivity index (χ3v) is 6.27. The highest BCUT2D eigenvalue weighted by atomic mass is 16.4. The Bertz CT molecular complexity index is 1370. The normalized spacial score (nSPS) is 15.2. The highest BCUT2D eigenvalue weighted by Gasteiger charge is 2.32. The number of hydrogen-bond donors (Lipinski definition) is 1. The molecule has 2 aromatic heterocycles. The molecule has 0 saturated heterocycles. The number of oxazole rings is 1. The van der Waals surface area contributed by atoms with Crippen molar-refractivity contribution in [3.63, 3.8) is 0 Å². The van der Waals surface area contributed by atoms with Crippen molar-refractivity contribution in [3.05, 3.63) is 58.4 Å². The number of carboxylic acid groups (broad SMARTS) is 1. The average Bonchev–Trinajstić information content (AvgIpc) is 3.18. The van der Waals surface area contributed by atoms with Crippen LogP contribution in [-0.4, -0.2) is 29.1 Å². The van der Waals surface area contributed by atoms with Crippen LogP contribution in [0.5, 0.6) is 0 Å². The number of aliphatic carboxylic acids is 1. The molecule has 5 rings (SSSR count). The van der Waals surface area contributed by atoms with Gasteiger partial charge < -0.3 is 18.8 Å². The fourth-order valence-electron chi connectivity index (χ4n) is 4.42. The Hall–Kier alpha value is -3.61. The standard InChI is InChI=1S/C25H24N2O5/c1-25(2)9-11-27(10-5-8-22(28)29)19-14-21-15(13-17(19)25)12-16(24(30)32-21)23-26-18-6-3-4-7-20(18)31-23/h3-4,6-7,12-14H,5,8-11H2,1-2H3,(H,28,29). The van der Waals surface area contributed by atoms with E-state index in [0.717, 1.165) is 29.6 Å². The fourth-order valence-corrected chi connectivity index (χ4v) is 4.42. The predicted octanol–water partition coefficient (Wildman–Crippen LogP) is 4.95. The van der Waals surface area contributed by atoms with Gasteiger partial charge in [0.25, 0.3) is 0 Å². The molecule has 1 aliphatic rings. The Morgan fingerprint density at radius 1 is 1.16 bits per heavy atom. The van der Waals surface area contributed by atoms with Crippen molar-refractivity contribution in [3.8, 4) is 11.5 Å². The van der Waals surface area contributed by atoms with Gasteiger partial charge in [0.1, 0.15) is 16.7 Å². The smallest absolute Gasteiger partial charge is 0.349 e. The van der Waals surface area contributed by atoms with Gasteiger partial charge in [0.15, 0.2) is 5.58 Å². The van der Waals surface area contributed by atoms with Gasteiger partial charge in [-0.2, -0.15) is 0 Å². The molecular weight excluding hydrogens is 408 g/mol. The first-order valence-corrected chi connectivity index (χ1v) is 10.8. The molecule has 3 heterocycles. The summed E-state index contributed by atoms with van der Waals surface area (Å²) in [5, 5.41) is 9.78. The summed E-state index contributed by atoms with van der Waals surface area (Å²) in [6.07, 6.45) is 1.65. The number of rotatable bonds is 5. The molecular formula is C25H24N2O5. The average molecular weight is 432 g/mol. The number of benzene rings is 2. The van der Waals surface area contributed by atoms with Gasteiger partial charge in [-0.3, -0.25) is 4.79 Å². The van der Waals surface area contributed by atoms with Gasteiger partial charge in [-0.25, -0.2) is 9.78 Å². The number of aromatic nitrogens is 1. The van der Waals surface area contributed by atoms with Crippen LogP contribution in [0.15, 0.2) is 56.1 Å². The van der Waals surface area contributed by atoms with Crippen molar-refractivity contribution in [2.24, 2.45) is 0 Å². The molecule has 7 nitrogen and oxygen atoms in total. The molecule has 0 atom stereocenters. The fraction of sp³-hybridized carbons (Fsp3) is 0.320. The lowest BCUT2D eigenvalue weighted by atomic mass is 9.77. The minimum absolute atomic E-state index is 0.0548. The van der Waals surface area contributed by atoms with Crippen LogP contribution in [0.25, 0.3) is 33.5 Å². The molecule has 32 heavy (non-hydrogen) atoms. The van der Waals surface area contributed by atoms with Crippen LogP contribution in [0, 0.1) is 0 Å². The highest BCUT2D eigenvalue weighted by molar-refractivity contribution is 5.87. The van der Waals surface area contributed by atoms with E-state index in [1.807, 2.05) is 30.3 Å². The minimum Gasteiger partial charge on any atom is -0.481 e. The molecule has 0 saturated carbocycles. The van der Waals surface area contributed by atoms with E-state index in [9.17, 15) is 9.59 Å². The van der Waals surface area contributed by atoms with E-state index in [4.69, 9.17) is 13.9 Å². The maximum Gasteiger partial charge on any atom is 0.349 e. The van der Waals surface area contributed by atoms with Crippen molar-refractivity contribution in [2.45, 2.75) is 38.5 Å². The topological polar surface area (TPSA) is 96.8 Å². The van der Waals surface area contributed by atoms with E-state index in [0.29, 0.717) is 35.2 Å². The van der Waals surface area contributed by atoms with Crippen LogP contribution in [0.2, 0.25) is 0 Å². The zero-order valence-corrected chi connectivity index (χ0v) is 18.1. The van der Waals surface area contributed by atoms with Gasteiger partial charge >= 0.3 is 11.6 Å². The Labute approximate surface area is 184 Å². The maximum absolute atomic E-state index is 12.8. The van der Waals surface area contributed by atoms with Crippen LogP contribution in [0.3, 0.4) is 0 Å². The molecule has 7 heteroatoms. The van der Waals surface area contributed by atoms with Gasteiger partial charge in [-0.05, 0) is 48.1 Å². The number of carboxylic acids is 1. The van der Waals surface area contributed by atoms with Gasteiger partial charge in [-0.1, -0.05) is 26.0 Å². The zero-order valence-electron chi connectivity index (χ0n) is 18.1. The van der Waals surface area contributed by atoms with Crippen LogP contribution in [0.1, 0.15) is 38.7 Å².